The van der Waals surface area contributed by atoms with Gasteiger partial charge in [0.15, 0.2) is 17.3 Å². The Morgan fingerprint density at radius 1 is 1.09 bits per heavy atom. The highest BCUT2D eigenvalue weighted by Crippen LogP contribution is 2.46. The summed E-state index contributed by atoms with van der Waals surface area (Å²) < 4.78 is 14.7. The van der Waals surface area contributed by atoms with Gasteiger partial charge in [0.2, 0.25) is 0 Å². The smallest absolute Gasteiger partial charge is 0.169 e. The lowest BCUT2D eigenvalue weighted by atomic mass is 9.94. The van der Waals surface area contributed by atoms with Gasteiger partial charge in [-0.3, -0.25) is 0 Å². The second-order valence-corrected chi connectivity index (χ2v) is 6.59. The van der Waals surface area contributed by atoms with Gasteiger partial charge >= 0.3 is 0 Å². The van der Waals surface area contributed by atoms with Crippen LogP contribution in [0, 0.1) is 0 Å². The van der Waals surface area contributed by atoms with Crippen LogP contribution in [-0.2, 0) is 9.47 Å². The lowest BCUT2D eigenvalue weighted by Crippen LogP contribution is -2.34. The first-order valence-corrected chi connectivity index (χ1v) is 8.23. The summed E-state index contributed by atoms with van der Waals surface area (Å²) in [5.74, 6) is 0.0145. The average molecular weight is 313 g/mol. The van der Waals surface area contributed by atoms with Crippen molar-refractivity contribution in [2.45, 2.75) is 56.1 Å². The lowest BCUT2D eigenvalue weighted by molar-refractivity contribution is -0.194. The van der Waals surface area contributed by atoms with Crippen LogP contribution in [0.2, 0.25) is 0 Å². The van der Waals surface area contributed by atoms with E-state index in [1.54, 1.807) is 6.33 Å². The van der Waals surface area contributed by atoms with E-state index >= 15 is 0 Å². The molecule has 7 nitrogen and oxygen atoms in total. The minimum Gasteiger partial charge on any atom is -0.382 e. The number of hydrogen-bond acceptors (Lipinski definition) is 6. The van der Waals surface area contributed by atoms with Crippen molar-refractivity contribution < 1.29 is 9.47 Å². The summed E-state index contributed by atoms with van der Waals surface area (Å²) in [6.07, 6.45) is 13.0. The van der Waals surface area contributed by atoms with Crippen molar-refractivity contribution in [2.24, 2.45) is 0 Å². The first-order valence-electron chi connectivity index (χ1n) is 8.23. The number of nitrogen functional groups attached to an aromatic ring is 1. The Morgan fingerprint density at radius 2 is 1.96 bits per heavy atom. The Balaban J connectivity index is 1.50. The monoisotopic (exact) mass is 313 g/mol. The van der Waals surface area contributed by atoms with Crippen molar-refractivity contribution in [1.82, 2.24) is 19.5 Å². The number of hydrogen-bond donors (Lipinski definition) is 1. The molecule has 2 aromatic heterocycles. The maximum absolute atomic E-state index is 6.42. The number of fused-ring (bicyclic) bond motifs is 2. The first-order chi connectivity index (χ1) is 11.3. The molecule has 3 atom stereocenters. The Bertz CT molecular complexity index is 780. The summed E-state index contributed by atoms with van der Waals surface area (Å²) in [6, 6.07) is 0.0283. The van der Waals surface area contributed by atoms with E-state index in [1.807, 2.05) is 4.57 Å². The van der Waals surface area contributed by atoms with Crippen LogP contribution in [0.25, 0.3) is 11.2 Å². The highest BCUT2D eigenvalue weighted by atomic mass is 16.8. The Kier molecular flexibility index (Phi) is 2.78. The third-order valence-corrected chi connectivity index (χ3v) is 5.18. The second kappa shape index (κ2) is 4.75. The average Bonchev–Trinajstić information content (AvgIpc) is 3.21. The third-order valence-electron chi connectivity index (χ3n) is 5.18. The van der Waals surface area contributed by atoms with Crippen LogP contribution in [0.3, 0.4) is 0 Å². The molecule has 1 saturated carbocycles. The van der Waals surface area contributed by atoms with E-state index in [9.17, 15) is 0 Å². The molecule has 120 valence electrons. The topological polar surface area (TPSA) is 88.1 Å². The zero-order valence-electron chi connectivity index (χ0n) is 12.8. The summed E-state index contributed by atoms with van der Waals surface area (Å²) in [6.45, 7) is 0. The summed E-state index contributed by atoms with van der Waals surface area (Å²) >= 11 is 0. The highest BCUT2D eigenvalue weighted by molar-refractivity contribution is 5.81. The van der Waals surface area contributed by atoms with Crippen molar-refractivity contribution in [3.8, 4) is 0 Å². The van der Waals surface area contributed by atoms with Gasteiger partial charge in [0.25, 0.3) is 0 Å². The quantitative estimate of drug-likeness (QED) is 0.810. The van der Waals surface area contributed by atoms with Crippen molar-refractivity contribution in [2.75, 3.05) is 5.73 Å². The summed E-state index contributed by atoms with van der Waals surface area (Å²) in [5, 5.41) is 0. The number of nitrogens with zero attached hydrogens (tertiary/aromatic N) is 4. The molecular formula is C16H19N5O2. The molecule has 0 aromatic carbocycles. The maximum atomic E-state index is 6.42. The molecule has 5 rings (SSSR count). The van der Waals surface area contributed by atoms with Crippen molar-refractivity contribution in [3.05, 3.63) is 24.8 Å². The molecule has 0 radical (unpaired) electrons. The molecule has 2 aliphatic carbocycles. The number of rotatable bonds is 1. The van der Waals surface area contributed by atoms with E-state index in [4.69, 9.17) is 15.2 Å². The SMILES string of the molecule is Nc1ncnc2c1ncn2C1C=C[C@H]2OC3(CCCCC3)O[C@@H]12. The Labute approximate surface area is 133 Å². The van der Waals surface area contributed by atoms with E-state index < -0.39 is 0 Å². The van der Waals surface area contributed by atoms with Crippen LogP contribution >= 0.6 is 0 Å². The van der Waals surface area contributed by atoms with Crippen LogP contribution in [0.1, 0.15) is 38.1 Å². The van der Waals surface area contributed by atoms with E-state index in [1.165, 1.54) is 25.6 Å². The van der Waals surface area contributed by atoms with Crippen LogP contribution in [0.15, 0.2) is 24.8 Å². The molecule has 2 aromatic rings. The van der Waals surface area contributed by atoms with E-state index in [2.05, 4.69) is 27.1 Å². The van der Waals surface area contributed by atoms with Gasteiger partial charge in [-0.25, -0.2) is 15.0 Å². The molecule has 2 N–H and O–H groups in total. The first kappa shape index (κ1) is 13.4. The molecule has 1 saturated heterocycles. The fourth-order valence-corrected chi connectivity index (χ4v) is 4.07. The zero-order chi connectivity index (χ0) is 15.4. The Hall–Kier alpha value is -1.99. The number of nitrogens with two attached hydrogens (primary N) is 1. The van der Waals surface area contributed by atoms with Crippen LogP contribution < -0.4 is 5.73 Å². The van der Waals surface area contributed by atoms with Gasteiger partial charge in [-0.15, -0.1) is 0 Å². The van der Waals surface area contributed by atoms with Gasteiger partial charge in [0.05, 0.1) is 12.4 Å². The zero-order valence-corrected chi connectivity index (χ0v) is 12.8. The largest absolute Gasteiger partial charge is 0.382 e. The van der Waals surface area contributed by atoms with Crippen LogP contribution in [0.4, 0.5) is 5.82 Å². The van der Waals surface area contributed by atoms with Gasteiger partial charge in [-0.1, -0.05) is 18.6 Å². The number of imidazole rings is 1. The van der Waals surface area contributed by atoms with Crippen molar-refractivity contribution >= 4 is 17.0 Å². The summed E-state index contributed by atoms with van der Waals surface area (Å²) in [4.78, 5) is 12.7. The van der Waals surface area contributed by atoms with Crippen LogP contribution in [0.5, 0.6) is 0 Å². The van der Waals surface area contributed by atoms with Crippen molar-refractivity contribution in [1.29, 1.82) is 0 Å². The molecule has 1 spiro atoms. The Morgan fingerprint density at radius 3 is 2.83 bits per heavy atom. The fraction of sp³-hybridized carbons (Fsp3) is 0.562. The predicted octanol–water partition coefficient (Wildman–Crippen LogP) is 1.96. The van der Waals surface area contributed by atoms with Gasteiger partial charge in [-0.2, -0.15) is 0 Å². The number of ether oxygens (including phenoxy) is 2. The predicted molar refractivity (Wildman–Crippen MR) is 83.5 cm³/mol. The lowest BCUT2D eigenvalue weighted by Gasteiger charge is -2.32. The third kappa shape index (κ3) is 1.93. The van der Waals surface area contributed by atoms with Gasteiger partial charge < -0.3 is 19.8 Å². The van der Waals surface area contributed by atoms with E-state index in [0.29, 0.717) is 11.3 Å². The summed E-state index contributed by atoms with van der Waals surface area (Å²) in [7, 11) is 0. The molecule has 3 heterocycles. The molecule has 23 heavy (non-hydrogen) atoms. The normalized spacial score (nSPS) is 31.9. The minimum absolute atomic E-state index is 0.00901. The second-order valence-electron chi connectivity index (χ2n) is 6.59. The fourth-order valence-electron chi connectivity index (χ4n) is 4.07. The highest BCUT2D eigenvalue weighted by Gasteiger charge is 2.51. The van der Waals surface area contributed by atoms with Gasteiger partial charge in [-0.05, 0) is 12.8 Å². The molecule has 0 amide bonds. The summed E-state index contributed by atoms with van der Waals surface area (Å²) in [5.41, 5.74) is 7.26. The molecular weight excluding hydrogens is 294 g/mol. The molecule has 7 heteroatoms. The standard InChI is InChI=1S/C16H19N5O2/c17-14-12-15(19-8-18-14)21(9-20-12)10-4-5-11-13(10)23-16(22-11)6-2-1-3-7-16/h4-5,8-11,13H,1-3,6-7H2,(H2,17,18,19)/t10?,11-,13+/m1/s1. The number of aromatic nitrogens is 4. The van der Waals surface area contributed by atoms with E-state index in [-0.39, 0.29) is 24.0 Å². The molecule has 2 fully saturated rings. The molecule has 1 aliphatic heterocycles. The maximum Gasteiger partial charge on any atom is 0.169 e. The molecule has 1 unspecified atom stereocenters. The number of anilines is 1. The van der Waals surface area contributed by atoms with Gasteiger partial charge in [0, 0.05) is 12.8 Å². The van der Waals surface area contributed by atoms with Crippen LogP contribution in [-0.4, -0.2) is 37.5 Å². The van der Waals surface area contributed by atoms with E-state index in [0.717, 1.165) is 18.5 Å². The van der Waals surface area contributed by atoms with Gasteiger partial charge in [0.1, 0.15) is 24.1 Å². The minimum atomic E-state index is -0.388. The van der Waals surface area contributed by atoms with Crippen molar-refractivity contribution in [3.63, 3.8) is 0 Å². The molecule has 3 aliphatic rings. The molecule has 0 bridgehead atoms.